The number of carbonyl (C=O) groups is 1. The monoisotopic (exact) mass is 323 g/mol. The molecule has 1 rings (SSSR count). The highest BCUT2D eigenvalue weighted by molar-refractivity contribution is 6.32. The molecule has 0 aliphatic rings. The molecular weight excluding hydrogens is 306 g/mol. The van der Waals surface area contributed by atoms with Crippen LogP contribution in [0.4, 0.5) is 0 Å². The van der Waals surface area contributed by atoms with Crippen molar-refractivity contribution in [2.75, 3.05) is 13.2 Å². The lowest BCUT2D eigenvalue weighted by atomic mass is 10.2. The molecule has 22 heavy (non-hydrogen) atoms. The van der Waals surface area contributed by atoms with Crippen LogP contribution in [0.1, 0.15) is 25.8 Å². The number of hydrogen-bond donors (Lipinski definition) is 0. The molecule has 1 aromatic carbocycles. The predicted octanol–water partition coefficient (Wildman–Crippen LogP) is 3.50. The average Bonchev–Trinajstić information content (AvgIpc) is 2.50. The lowest BCUT2D eigenvalue weighted by Crippen LogP contribution is -2.26. The first-order valence-corrected chi connectivity index (χ1v) is 7.21. The van der Waals surface area contributed by atoms with Gasteiger partial charge in [0.05, 0.1) is 29.9 Å². The molecule has 1 unspecified atom stereocenters. The summed E-state index contributed by atoms with van der Waals surface area (Å²) in [6.45, 7) is 7.66. The third-order valence-electron chi connectivity index (χ3n) is 2.66. The van der Waals surface area contributed by atoms with Gasteiger partial charge in [-0.15, -0.1) is 6.58 Å². The molecule has 118 valence electrons. The summed E-state index contributed by atoms with van der Waals surface area (Å²) in [5.74, 6) is -0.249. The van der Waals surface area contributed by atoms with Gasteiger partial charge in [0.2, 0.25) is 0 Å². The summed E-state index contributed by atoms with van der Waals surface area (Å²) in [5.41, 5.74) is 0.323. The van der Waals surface area contributed by atoms with Crippen LogP contribution >= 0.6 is 11.6 Å². The number of halogens is 1. The maximum absolute atomic E-state index is 12.0. The summed E-state index contributed by atoms with van der Waals surface area (Å²) in [5, 5.41) is 9.07. The zero-order valence-electron chi connectivity index (χ0n) is 12.6. The number of hydrogen-bond acceptors (Lipinski definition) is 5. The largest absolute Gasteiger partial charge is 0.490 e. The van der Waals surface area contributed by atoms with Gasteiger partial charge in [0.1, 0.15) is 0 Å². The maximum atomic E-state index is 12.0. The minimum absolute atomic E-state index is 0.0895. The Balaban J connectivity index is 2.89. The maximum Gasteiger partial charge on any atom is 0.340 e. The third-order valence-corrected chi connectivity index (χ3v) is 2.94. The molecular formula is C16H18ClNO4. The molecule has 1 aromatic rings. The number of ether oxygens (including phenoxy) is 3. The first-order chi connectivity index (χ1) is 10.5. The second-order valence-corrected chi connectivity index (χ2v) is 4.75. The van der Waals surface area contributed by atoms with Crippen LogP contribution in [-0.2, 0) is 9.53 Å². The number of nitriles is 1. The Morgan fingerprint density at radius 3 is 2.86 bits per heavy atom. The Bertz CT molecular complexity index is 580. The van der Waals surface area contributed by atoms with Gasteiger partial charge >= 0.3 is 5.97 Å². The van der Waals surface area contributed by atoms with E-state index in [0.717, 1.165) is 0 Å². The SMILES string of the molecule is C=CCCOC(C)C(=O)Oc1c(Cl)cc(C#N)cc1OCC. The summed E-state index contributed by atoms with van der Waals surface area (Å²) in [4.78, 5) is 12.0. The Labute approximate surface area is 135 Å². The molecule has 0 aliphatic heterocycles. The second kappa shape index (κ2) is 9.08. The van der Waals surface area contributed by atoms with Gasteiger partial charge in [-0.1, -0.05) is 17.7 Å². The topological polar surface area (TPSA) is 68.5 Å². The zero-order valence-corrected chi connectivity index (χ0v) is 13.4. The molecule has 0 N–H and O–H groups in total. The van der Waals surface area contributed by atoms with Gasteiger partial charge < -0.3 is 14.2 Å². The second-order valence-electron chi connectivity index (χ2n) is 4.34. The number of nitrogens with zero attached hydrogens (tertiary/aromatic N) is 1. The molecule has 0 bridgehead atoms. The fourth-order valence-electron chi connectivity index (χ4n) is 1.57. The minimum Gasteiger partial charge on any atom is -0.490 e. The van der Waals surface area contributed by atoms with E-state index >= 15 is 0 Å². The Morgan fingerprint density at radius 1 is 1.55 bits per heavy atom. The first-order valence-electron chi connectivity index (χ1n) is 6.84. The molecule has 0 amide bonds. The number of carbonyl (C=O) groups excluding carboxylic acids is 1. The van der Waals surface area contributed by atoms with E-state index in [0.29, 0.717) is 25.2 Å². The lowest BCUT2D eigenvalue weighted by Gasteiger charge is -2.15. The van der Waals surface area contributed by atoms with Crippen LogP contribution in [0.5, 0.6) is 11.5 Å². The van der Waals surface area contributed by atoms with Crippen LogP contribution < -0.4 is 9.47 Å². The molecule has 0 aromatic heterocycles. The fourth-order valence-corrected chi connectivity index (χ4v) is 1.82. The molecule has 0 saturated carbocycles. The van der Waals surface area contributed by atoms with Crippen molar-refractivity contribution < 1.29 is 19.0 Å². The average molecular weight is 324 g/mol. The van der Waals surface area contributed by atoms with E-state index < -0.39 is 12.1 Å². The molecule has 5 nitrogen and oxygen atoms in total. The van der Waals surface area contributed by atoms with Crippen LogP contribution in [0.15, 0.2) is 24.8 Å². The fraction of sp³-hybridized carbons (Fsp3) is 0.375. The van der Waals surface area contributed by atoms with Crippen LogP contribution in [0.25, 0.3) is 0 Å². The van der Waals surface area contributed by atoms with Crippen LogP contribution in [0.2, 0.25) is 5.02 Å². The lowest BCUT2D eigenvalue weighted by molar-refractivity contribution is -0.146. The van der Waals surface area contributed by atoms with Crippen molar-refractivity contribution in [3.63, 3.8) is 0 Å². The van der Waals surface area contributed by atoms with Crippen molar-refractivity contribution in [3.05, 3.63) is 35.4 Å². The number of esters is 1. The Hall–Kier alpha value is -2.03. The summed E-state index contributed by atoms with van der Waals surface area (Å²) in [6.07, 6.45) is 1.59. The normalized spacial score (nSPS) is 11.4. The van der Waals surface area contributed by atoms with E-state index in [2.05, 4.69) is 6.58 Å². The van der Waals surface area contributed by atoms with Crippen molar-refractivity contribution in [1.82, 2.24) is 0 Å². The van der Waals surface area contributed by atoms with E-state index in [9.17, 15) is 4.79 Å². The highest BCUT2D eigenvalue weighted by Crippen LogP contribution is 2.36. The summed E-state index contributed by atoms with van der Waals surface area (Å²) in [6, 6.07) is 4.85. The van der Waals surface area contributed by atoms with Crippen molar-refractivity contribution in [2.24, 2.45) is 0 Å². The van der Waals surface area contributed by atoms with Gasteiger partial charge in [-0.25, -0.2) is 4.79 Å². The summed E-state index contributed by atoms with van der Waals surface area (Å²) < 4.78 is 16.0. The molecule has 0 heterocycles. The number of rotatable bonds is 8. The van der Waals surface area contributed by atoms with Crippen molar-refractivity contribution in [2.45, 2.75) is 26.4 Å². The van der Waals surface area contributed by atoms with Crippen LogP contribution in [0, 0.1) is 11.3 Å². The standard InChI is InChI=1S/C16H18ClNO4/c1-4-6-7-21-11(3)16(19)22-15-13(17)8-12(10-18)9-14(15)20-5-2/h4,8-9,11H,1,5-7H2,2-3H3. The quantitative estimate of drug-likeness (QED) is 0.317. The van der Waals surface area contributed by atoms with Crippen molar-refractivity contribution >= 4 is 17.6 Å². The van der Waals surface area contributed by atoms with E-state index in [1.165, 1.54) is 12.1 Å². The molecule has 0 saturated heterocycles. The Morgan fingerprint density at radius 2 is 2.27 bits per heavy atom. The van der Waals surface area contributed by atoms with Crippen molar-refractivity contribution in [1.29, 1.82) is 5.26 Å². The Kier molecular flexibility index (Phi) is 7.44. The van der Waals surface area contributed by atoms with E-state index in [1.54, 1.807) is 19.9 Å². The molecule has 6 heteroatoms. The van der Waals surface area contributed by atoms with Gasteiger partial charge in [0.15, 0.2) is 17.6 Å². The molecule has 0 aliphatic carbocycles. The van der Waals surface area contributed by atoms with Crippen LogP contribution in [-0.4, -0.2) is 25.3 Å². The summed E-state index contributed by atoms with van der Waals surface area (Å²) >= 11 is 6.06. The summed E-state index contributed by atoms with van der Waals surface area (Å²) in [7, 11) is 0. The van der Waals surface area contributed by atoms with Gasteiger partial charge in [-0.05, 0) is 26.3 Å². The van der Waals surface area contributed by atoms with Gasteiger partial charge in [-0.2, -0.15) is 5.26 Å². The highest BCUT2D eigenvalue weighted by atomic mass is 35.5. The van der Waals surface area contributed by atoms with Gasteiger partial charge in [-0.3, -0.25) is 0 Å². The van der Waals surface area contributed by atoms with Gasteiger partial charge in [0, 0.05) is 6.07 Å². The van der Waals surface area contributed by atoms with Gasteiger partial charge in [0.25, 0.3) is 0 Å². The first kappa shape index (κ1) is 18.0. The molecule has 0 fully saturated rings. The van der Waals surface area contributed by atoms with E-state index in [-0.39, 0.29) is 16.5 Å². The molecule has 0 radical (unpaired) electrons. The van der Waals surface area contributed by atoms with Crippen molar-refractivity contribution in [3.8, 4) is 17.6 Å². The molecule has 0 spiro atoms. The van der Waals surface area contributed by atoms with E-state index in [4.69, 9.17) is 31.1 Å². The third kappa shape index (κ3) is 5.06. The molecule has 1 atom stereocenters. The van der Waals surface area contributed by atoms with Crippen LogP contribution in [0.3, 0.4) is 0 Å². The minimum atomic E-state index is -0.749. The smallest absolute Gasteiger partial charge is 0.340 e. The van der Waals surface area contributed by atoms with E-state index in [1.807, 2.05) is 6.07 Å². The predicted molar refractivity (Wildman–Crippen MR) is 83.2 cm³/mol. The highest BCUT2D eigenvalue weighted by Gasteiger charge is 2.21. The zero-order chi connectivity index (χ0) is 16.5. The number of benzene rings is 1.